The summed E-state index contributed by atoms with van der Waals surface area (Å²) >= 11 is 3.32. The fourth-order valence-corrected chi connectivity index (χ4v) is 5.80. The van der Waals surface area contributed by atoms with Gasteiger partial charge in [-0.2, -0.15) is 0 Å². The molecule has 0 saturated carbocycles. The van der Waals surface area contributed by atoms with Crippen LogP contribution in [0.15, 0.2) is 41.7 Å². The highest BCUT2D eigenvalue weighted by Crippen LogP contribution is 2.40. The van der Waals surface area contributed by atoms with Crippen LogP contribution in [0.2, 0.25) is 0 Å². The molecule has 0 spiro atoms. The molecule has 1 atom stereocenters. The second-order valence-electron chi connectivity index (χ2n) is 7.08. The van der Waals surface area contributed by atoms with Crippen molar-refractivity contribution in [2.75, 3.05) is 12.3 Å². The summed E-state index contributed by atoms with van der Waals surface area (Å²) in [7, 11) is 0. The lowest BCUT2D eigenvalue weighted by atomic mass is 9.89. The molecule has 6 heteroatoms. The van der Waals surface area contributed by atoms with Crippen LogP contribution in [0.5, 0.6) is 0 Å². The number of thiophene rings is 1. The largest absolute Gasteiger partial charge is 0.355 e. The van der Waals surface area contributed by atoms with E-state index in [1.807, 2.05) is 18.2 Å². The molecular formula is C21H23N3OS2. The Morgan fingerprint density at radius 2 is 2.15 bits per heavy atom. The van der Waals surface area contributed by atoms with E-state index in [1.54, 1.807) is 17.7 Å². The van der Waals surface area contributed by atoms with E-state index in [9.17, 15) is 4.79 Å². The van der Waals surface area contributed by atoms with Crippen molar-refractivity contribution >= 4 is 39.2 Å². The van der Waals surface area contributed by atoms with Crippen molar-refractivity contribution < 1.29 is 4.79 Å². The van der Waals surface area contributed by atoms with Crippen molar-refractivity contribution in [2.45, 2.75) is 37.6 Å². The number of benzene rings is 1. The minimum Gasteiger partial charge on any atom is -0.355 e. The molecule has 3 aromatic rings. The topological polar surface area (TPSA) is 54.9 Å². The number of hydrogen-bond acceptors (Lipinski definition) is 5. The highest BCUT2D eigenvalue weighted by atomic mass is 32.2. The molecule has 0 fully saturated rings. The van der Waals surface area contributed by atoms with Crippen molar-refractivity contribution in [3.05, 3.63) is 52.7 Å². The van der Waals surface area contributed by atoms with Gasteiger partial charge in [0.25, 0.3) is 0 Å². The van der Waals surface area contributed by atoms with Crippen LogP contribution in [-0.2, 0) is 24.1 Å². The number of rotatable bonds is 6. The van der Waals surface area contributed by atoms with E-state index < -0.39 is 0 Å². The number of nitrogens with one attached hydrogen (secondary N) is 1. The maximum Gasteiger partial charge on any atom is 0.230 e. The van der Waals surface area contributed by atoms with E-state index in [2.05, 4.69) is 34.3 Å². The zero-order chi connectivity index (χ0) is 18.6. The lowest BCUT2D eigenvalue weighted by molar-refractivity contribution is -0.118. The number of amides is 1. The molecule has 4 rings (SSSR count). The molecule has 0 unspecified atom stereocenters. The second kappa shape index (κ2) is 8.40. The molecule has 0 saturated heterocycles. The first-order valence-electron chi connectivity index (χ1n) is 9.39. The Hall–Kier alpha value is -1.92. The lowest BCUT2D eigenvalue weighted by Gasteiger charge is -2.18. The molecule has 1 aromatic carbocycles. The van der Waals surface area contributed by atoms with Crippen molar-refractivity contribution in [1.82, 2.24) is 15.3 Å². The molecule has 1 aliphatic rings. The molecule has 1 N–H and O–H groups in total. The van der Waals surface area contributed by atoms with Crippen LogP contribution in [0.4, 0.5) is 0 Å². The summed E-state index contributed by atoms with van der Waals surface area (Å²) in [5.41, 5.74) is 2.66. The zero-order valence-corrected chi connectivity index (χ0v) is 17.0. The predicted molar refractivity (Wildman–Crippen MR) is 112 cm³/mol. The first-order valence-corrected chi connectivity index (χ1v) is 11.2. The number of aromatic nitrogens is 2. The van der Waals surface area contributed by atoms with Gasteiger partial charge in [-0.1, -0.05) is 49.0 Å². The first-order chi connectivity index (χ1) is 13.2. The van der Waals surface area contributed by atoms with Crippen molar-refractivity contribution in [1.29, 1.82) is 0 Å². The van der Waals surface area contributed by atoms with E-state index >= 15 is 0 Å². The van der Waals surface area contributed by atoms with E-state index in [1.165, 1.54) is 39.6 Å². The Labute approximate surface area is 167 Å². The normalized spacial score (nSPS) is 16.3. The van der Waals surface area contributed by atoms with Gasteiger partial charge in [0.05, 0.1) is 5.75 Å². The second-order valence-corrected chi connectivity index (χ2v) is 9.13. The van der Waals surface area contributed by atoms with Crippen LogP contribution in [0, 0.1) is 5.92 Å². The monoisotopic (exact) mass is 397 g/mol. The van der Waals surface area contributed by atoms with E-state index in [0.717, 1.165) is 35.0 Å². The fraction of sp³-hybridized carbons (Fsp3) is 0.381. The molecule has 0 radical (unpaired) electrons. The highest BCUT2D eigenvalue weighted by Gasteiger charge is 2.23. The van der Waals surface area contributed by atoms with Gasteiger partial charge in [0.1, 0.15) is 16.2 Å². The predicted octanol–water partition coefficient (Wildman–Crippen LogP) is 4.27. The number of fused-ring (bicyclic) bond motifs is 3. The zero-order valence-electron chi connectivity index (χ0n) is 15.4. The van der Waals surface area contributed by atoms with Crippen molar-refractivity contribution in [3.63, 3.8) is 0 Å². The third-order valence-electron chi connectivity index (χ3n) is 4.98. The van der Waals surface area contributed by atoms with Crippen LogP contribution in [0.25, 0.3) is 10.2 Å². The van der Waals surface area contributed by atoms with Crippen LogP contribution in [0.1, 0.15) is 29.3 Å². The van der Waals surface area contributed by atoms with Gasteiger partial charge in [0.15, 0.2) is 0 Å². The SMILES string of the molecule is C[C@@H]1CCc2c(sc3ncnc(SCC(=O)NCCc4ccccc4)c23)C1. The molecule has 2 aromatic heterocycles. The van der Waals surface area contributed by atoms with Gasteiger partial charge < -0.3 is 5.32 Å². The van der Waals surface area contributed by atoms with E-state index in [-0.39, 0.29) is 5.91 Å². The van der Waals surface area contributed by atoms with Gasteiger partial charge in [0.2, 0.25) is 5.91 Å². The fourth-order valence-electron chi connectivity index (χ4n) is 3.53. The Kier molecular flexibility index (Phi) is 5.74. The number of hydrogen-bond donors (Lipinski definition) is 1. The van der Waals surface area contributed by atoms with Crippen LogP contribution < -0.4 is 5.32 Å². The molecule has 1 amide bonds. The molecule has 0 bridgehead atoms. The smallest absolute Gasteiger partial charge is 0.230 e. The third kappa shape index (κ3) is 4.33. The molecule has 140 valence electrons. The van der Waals surface area contributed by atoms with Gasteiger partial charge in [-0.05, 0) is 42.7 Å². The van der Waals surface area contributed by atoms with Gasteiger partial charge in [-0.3, -0.25) is 4.79 Å². The number of aryl methyl sites for hydroxylation is 1. The summed E-state index contributed by atoms with van der Waals surface area (Å²) in [5, 5.41) is 5.15. The van der Waals surface area contributed by atoms with Crippen LogP contribution >= 0.6 is 23.1 Å². The summed E-state index contributed by atoms with van der Waals surface area (Å²) in [6.45, 7) is 2.97. The summed E-state index contributed by atoms with van der Waals surface area (Å²) in [4.78, 5) is 23.7. The average molecular weight is 398 g/mol. The minimum absolute atomic E-state index is 0.0559. The number of thioether (sulfide) groups is 1. The van der Waals surface area contributed by atoms with Gasteiger partial charge in [-0.15, -0.1) is 11.3 Å². The van der Waals surface area contributed by atoms with Gasteiger partial charge in [0, 0.05) is 16.8 Å². The summed E-state index contributed by atoms with van der Waals surface area (Å²) in [6, 6.07) is 10.2. The molecule has 4 nitrogen and oxygen atoms in total. The maximum absolute atomic E-state index is 12.2. The average Bonchev–Trinajstić information content (AvgIpc) is 3.05. The summed E-state index contributed by atoms with van der Waals surface area (Å²) < 4.78 is 0. The standard InChI is InChI=1S/C21H23N3OS2/c1-14-7-8-16-17(11-14)27-21-19(16)20(23-13-24-21)26-12-18(25)22-10-9-15-5-3-2-4-6-15/h2-6,13-14H,7-12H2,1H3,(H,22,25)/t14-/m1/s1. The molecule has 0 aliphatic heterocycles. The minimum atomic E-state index is 0.0559. The molecule has 27 heavy (non-hydrogen) atoms. The number of carbonyl (C=O) groups excluding carboxylic acids is 1. The highest BCUT2D eigenvalue weighted by molar-refractivity contribution is 8.00. The first kappa shape index (κ1) is 18.4. The van der Waals surface area contributed by atoms with Crippen molar-refractivity contribution in [3.8, 4) is 0 Å². The van der Waals surface area contributed by atoms with E-state index in [4.69, 9.17) is 0 Å². The molecular weight excluding hydrogens is 374 g/mol. The quantitative estimate of drug-likeness (QED) is 0.499. The Morgan fingerprint density at radius 1 is 1.30 bits per heavy atom. The lowest BCUT2D eigenvalue weighted by Crippen LogP contribution is -2.27. The summed E-state index contributed by atoms with van der Waals surface area (Å²) in [5.74, 6) is 1.19. The number of carbonyl (C=O) groups is 1. The Balaban J connectivity index is 1.38. The van der Waals surface area contributed by atoms with Gasteiger partial charge >= 0.3 is 0 Å². The van der Waals surface area contributed by atoms with Gasteiger partial charge in [-0.25, -0.2) is 9.97 Å². The molecule has 2 heterocycles. The third-order valence-corrected chi connectivity index (χ3v) is 7.13. The Morgan fingerprint density at radius 3 is 3.00 bits per heavy atom. The van der Waals surface area contributed by atoms with Crippen LogP contribution in [-0.4, -0.2) is 28.2 Å². The van der Waals surface area contributed by atoms with Crippen LogP contribution in [0.3, 0.4) is 0 Å². The molecule has 1 aliphatic carbocycles. The van der Waals surface area contributed by atoms with Crippen molar-refractivity contribution in [2.24, 2.45) is 5.92 Å². The number of nitrogens with zero attached hydrogens (tertiary/aromatic N) is 2. The summed E-state index contributed by atoms with van der Waals surface area (Å²) in [6.07, 6.45) is 5.94. The van der Waals surface area contributed by atoms with E-state index in [0.29, 0.717) is 12.3 Å². The Bertz CT molecular complexity index is 939. The maximum atomic E-state index is 12.2.